The first-order valence-corrected chi connectivity index (χ1v) is 7.10. The summed E-state index contributed by atoms with van der Waals surface area (Å²) in [5.41, 5.74) is 6.99. The van der Waals surface area contributed by atoms with Gasteiger partial charge >= 0.3 is 0 Å². The smallest absolute Gasteiger partial charge is 0.124 e. The molecule has 2 rings (SSSR count). The lowest BCUT2D eigenvalue weighted by Gasteiger charge is -2.20. The van der Waals surface area contributed by atoms with Gasteiger partial charge in [-0.1, -0.05) is 19.1 Å². The van der Waals surface area contributed by atoms with Gasteiger partial charge in [0.2, 0.25) is 0 Å². The summed E-state index contributed by atoms with van der Waals surface area (Å²) >= 11 is 4.95. The molecule has 19 heavy (non-hydrogen) atoms. The van der Waals surface area contributed by atoms with Gasteiger partial charge in [-0.2, -0.15) is 0 Å². The second kappa shape index (κ2) is 6.30. The SMILES string of the molecule is CCN(CCNc1ccc(F)cc1C(N)=S)C1CC1. The Bertz CT molecular complexity index is 460. The van der Waals surface area contributed by atoms with E-state index in [1.165, 1.54) is 25.0 Å². The van der Waals surface area contributed by atoms with E-state index in [9.17, 15) is 4.39 Å². The Labute approximate surface area is 119 Å². The number of nitrogens with zero attached hydrogens (tertiary/aromatic N) is 1. The normalized spacial score (nSPS) is 14.7. The minimum Gasteiger partial charge on any atom is -0.389 e. The van der Waals surface area contributed by atoms with Gasteiger partial charge in [0.15, 0.2) is 0 Å². The molecular weight excluding hydrogens is 261 g/mol. The Morgan fingerprint density at radius 2 is 2.26 bits per heavy atom. The van der Waals surface area contributed by atoms with Gasteiger partial charge in [0.05, 0.1) is 0 Å². The minimum absolute atomic E-state index is 0.219. The average molecular weight is 281 g/mol. The lowest BCUT2D eigenvalue weighted by molar-refractivity contribution is 0.289. The van der Waals surface area contributed by atoms with Crippen molar-refractivity contribution in [3.8, 4) is 0 Å². The zero-order valence-electron chi connectivity index (χ0n) is 11.2. The van der Waals surface area contributed by atoms with Crippen molar-refractivity contribution in [2.75, 3.05) is 25.0 Å². The summed E-state index contributed by atoms with van der Waals surface area (Å²) in [5.74, 6) is -0.318. The van der Waals surface area contributed by atoms with E-state index in [4.69, 9.17) is 18.0 Å². The summed E-state index contributed by atoms with van der Waals surface area (Å²) in [6.45, 7) is 5.04. The highest BCUT2D eigenvalue weighted by molar-refractivity contribution is 7.80. The van der Waals surface area contributed by atoms with E-state index in [-0.39, 0.29) is 10.8 Å². The molecule has 3 N–H and O–H groups in total. The molecule has 1 aliphatic rings. The molecule has 0 saturated heterocycles. The standard InChI is InChI=1S/C14H20FN3S/c1-2-18(11-4-5-11)8-7-17-13-6-3-10(15)9-12(13)14(16)19/h3,6,9,11,17H,2,4-5,7-8H2,1H3,(H2,16,19). The van der Waals surface area contributed by atoms with Crippen molar-refractivity contribution < 1.29 is 4.39 Å². The summed E-state index contributed by atoms with van der Waals surface area (Å²) < 4.78 is 13.2. The van der Waals surface area contributed by atoms with E-state index < -0.39 is 0 Å². The van der Waals surface area contributed by atoms with Crippen LogP contribution in [-0.4, -0.2) is 35.6 Å². The van der Waals surface area contributed by atoms with Crippen LogP contribution in [0.25, 0.3) is 0 Å². The minimum atomic E-state index is -0.318. The maximum atomic E-state index is 13.2. The second-order valence-electron chi connectivity index (χ2n) is 4.84. The highest BCUT2D eigenvalue weighted by Crippen LogP contribution is 2.26. The summed E-state index contributed by atoms with van der Waals surface area (Å²) in [5, 5.41) is 3.29. The van der Waals surface area contributed by atoms with E-state index in [0.29, 0.717) is 5.56 Å². The number of benzene rings is 1. The summed E-state index contributed by atoms with van der Waals surface area (Å²) in [6, 6.07) is 5.25. The van der Waals surface area contributed by atoms with Crippen molar-refractivity contribution in [3.05, 3.63) is 29.6 Å². The third-order valence-corrected chi connectivity index (χ3v) is 3.65. The van der Waals surface area contributed by atoms with Gasteiger partial charge in [-0.25, -0.2) is 4.39 Å². The van der Waals surface area contributed by atoms with Gasteiger partial charge < -0.3 is 11.1 Å². The van der Waals surface area contributed by atoms with Crippen LogP contribution in [0.5, 0.6) is 0 Å². The molecule has 1 fully saturated rings. The number of nitrogens with one attached hydrogen (secondary N) is 1. The molecule has 0 bridgehead atoms. The van der Waals surface area contributed by atoms with Gasteiger partial charge in [0, 0.05) is 30.4 Å². The van der Waals surface area contributed by atoms with E-state index in [1.54, 1.807) is 6.07 Å². The molecule has 0 atom stereocenters. The van der Waals surface area contributed by atoms with Crippen LogP contribution in [0.15, 0.2) is 18.2 Å². The number of likely N-dealkylation sites (N-methyl/N-ethyl adjacent to an activating group) is 1. The maximum Gasteiger partial charge on any atom is 0.124 e. The fraction of sp³-hybridized carbons (Fsp3) is 0.500. The first-order chi connectivity index (χ1) is 9.11. The van der Waals surface area contributed by atoms with Gasteiger partial charge in [-0.3, -0.25) is 4.90 Å². The largest absolute Gasteiger partial charge is 0.389 e. The lowest BCUT2D eigenvalue weighted by atomic mass is 10.1. The molecule has 1 saturated carbocycles. The number of halogens is 1. The first kappa shape index (κ1) is 14.2. The first-order valence-electron chi connectivity index (χ1n) is 6.69. The molecule has 5 heteroatoms. The van der Waals surface area contributed by atoms with Gasteiger partial charge in [0.1, 0.15) is 10.8 Å². The van der Waals surface area contributed by atoms with Gasteiger partial charge in [-0.05, 0) is 37.6 Å². The van der Waals surface area contributed by atoms with Crippen LogP contribution in [0.4, 0.5) is 10.1 Å². The van der Waals surface area contributed by atoms with Crippen LogP contribution in [0.1, 0.15) is 25.3 Å². The number of hydrogen-bond acceptors (Lipinski definition) is 3. The molecule has 3 nitrogen and oxygen atoms in total. The van der Waals surface area contributed by atoms with Gasteiger partial charge in [-0.15, -0.1) is 0 Å². The highest BCUT2D eigenvalue weighted by Gasteiger charge is 2.27. The van der Waals surface area contributed by atoms with E-state index in [0.717, 1.165) is 31.4 Å². The summed E-state index contributed by atoms with van der Waals surface area (Å²) in [6.07, 6.45) is 2.62. The Balaban J connectivity index is 1.93. The Hall–Kier alpha value is -1.20. The molecule has 1 aromatic carbocycles. The predicted molar refractivity (Wildman–Crippen MR) is 81.0 cm³/mol. The van der Waals surface area contributed by atoms with Crippen LogP contribution in [0, 0.1) is 5.82 Å². The zero-order valence-corrected chi connectivity index (χ0v) is 12.0. The van der Waals surface area contributed by atoms with Crippen molar-refractivity contribution in [2.24, 2.45) is 5.73 Å². The molecule has 0 unspecified atom stereocenters. The molecule has 1 aromatic rings. The maximum absolute atomic E-state index is 13.2. The van der Waals surface area contributed by atoms with Crippen LogP contribution in [-0.2, 0) is 0 Å². The summed E-state index contributed by atoms with van der Waals surface area (Å²) in [4.78, 5) is 2.67. The zero-order chi connectivity index (χ0) is 13.8. The van der Waals surface area contributed by atoms with Crippen LogP contribution in [0.3, 0.4) is 0 Å². The fourth-order valence-electron chi connectivity index (χ4n) is 2.25. The highest BCUT2D eigenvalue weighted by atomic mass is 32.1. The third kappa shape index (κ3) is 3.88. The fourth-order valence-corrected chi connectivity index (χ4v) is 2.42. The monoisotopic (exact) mass is 281 g/mol. The average Bonchev–Trinajstić information content (AvgIpc) is 3.20. The molecule has 1 aliphatic carbocycles. The molecule has 0 heterocycles. The van der Waals surface area contributed by atoms with Crippen molar-refractivity contribution in [1.82, 2.24) is 4.90 Å². The molecule has 104 valence electrons. The van der Waals surface area contributed by atoms with Crippen LogP contribution < -0.4 is 11.1 Å². The van der Waals surface area contributed by atoms with Crippen molar-refractivity contribution >= 4 is 22.9 Å². The van der Waals surface area contributed by atoms with Crippen LogP contribution in [0.2, 0.25) is 0 Å². The molecule has 0 aliphatic heterocycles. The number of hydrogen-bond donors (Lipinski definition) is 2. The van der Waals surface area contributed by atoms with E-state index in [1.807, 2.05) is 0 Å². The van der Waals surface area contributed by atoms with Crippen molar-refractivity contribution in [3.63, 3.8) is 0 Å². The number of thiocarbonyl (C=S) groups is 1. The Kier molecular flexibility index (Phi) is 4.71. The Morgan fingerprint density at radius 3 is 2.84 bits per heavy atom. The Morgan fingerprint density at radius 1 is 1.53 bits per heavy atom. The third-order valence-electron chi connectivity index (χ3n) is 3.43. The van der Waals surface area contributed by atoms with Crippen molar-refractivity contribution in [2.45, 2.75) is 25.8 Å². The predicted octanol–water partition coefficient (Wildman–Crippen LogP) is 2.36. The lowest BCUT2D eigenvalue weighted by Crippen LogP contribution is -2.31. The number of anilines is 1. The molecule has 0 spiro atoms. The molecule has 0 amide bonds. The second-order valence-corrected chi connectivity index (χ2v) is 5.28. The molecular formula is C14H20FN3S. The van der Waals surface area contributed by atoms with Crippen molar-refractivity contribution in [1.29, 1.82) is 0 Å². The molecule has 0 aromatic heterocycles. The van der Waals surface area contributed by atoms with Crippen LogP contribution >= 0.6 is 12.2 Å². The number of nitrogens with two attached hydrogens (primary N) is 1. The van der Waals surface area contributed by atoms with Gasteiger partial charge in [0.25, 0.3) is 0 Å². The van der Waals surface area contributed by atoms with E-state index >= 15 is 0 Å². The topological polar surface area (TPSA) is 41.3 Å². The number of rotatable bonds is 7. The quantitative estimate of drug-likeness (QED) is 0.753. The summed E-state index contributed by atoms with van der Waals surface area (Å²) in [7, 11) is 0. The molecule has 0 radical (unpaired) electrons. The van der Waals surface area contributed by atoms with E-state index in [2.05, 4.69) is 17.1 Å².